The van der Waals surface area contributed by atoms with Crippen molar-refractivity contribution >= 4 is 22.7 Å². The van der Waals surface area contributed by atoms with Crippen LogP contribution in [0.15, 0.2) is 77.7 Å². The lowest BCUT2D eigenvalue weighted by Gasteiger charge is -2.29. The van der Waals surface area contributed by atoms with E-state index in [0.29, 0.717) is 11.2 Å². The topological polar surface area (TPSA) is 12.9 Å². The lowest BCUT2D eigenvalue weighted by molar-refractivity contribution is 0.446. The molecule has 0 N–H and O–H groups in total. The molecule has 2 heteroatoms. The predicted octanol–water partition coefficient (Wildman–Crippen LogP) is 7.43. The summed E-state index contributed by atoms with van der Waals surface area (Å²) in [5.74, 6) is 0.515. The van der Waals surface area contributed by atoms with Gasteiger partial charge in [0.25, 0.3) is 0 Å². The third-order valence-corrected chi connectivity index (χ3v) is 8.24. The van der Waals surface area contributed by atoms with Gasteiger partial charge in [-0.05, 0) is 52.8 Å². The van der Waals surface area contributed by atoms with Gasteiger partial charge >= 0.3 is 0 Å². The van der Waals surface area contributed by atoms with Crippen molar-refractivity contribution in [2.75, 3.05) is 0 Å². The number of thioether (sulfide) groups is 1. The van der Waals surface area contributed by atoms with Crippen molar-refractivity contribution in [3.05, 3.63) is 95.1 Å². The monoisotopic (exact) mass is 393 g/mol. The number of nitrogens with zero attached hydrogens (tertiary/aromatic N) is 1. The summed E-state index contributed by atoms with van der Waals surface area (Å²) >= 11 is 2.04. The molecule has 2 heterocycles. The number of rotatable bonds is 1. The van der Waals surface area contributed by atoms with Gasteiger partial charge < -0.3 is 0 Å². The number of aryl methyl sites for hydroxylation is 1. The second kappa shape index (κ2) is 5.96. The smallest absolute Gasteiger partial charge is 0.0715 e. The quantitative estimate of drug-likeness (QED) is 0.333. The second-order valence-corrected chi connectivity index (χ2v) is 10.1. The van der Waals surface area contributed by atoms with Crippen molar-refractivity contribution in [3.8, 4) is 11.3 Å². The maximum absolute atomic E-state index is 5.08. The first-order valence-electron chi connectivity index (χ1n) is 10.3. The molecule has 142 valence electrons. The van der Waals surface area contributed by atoms with Gasteiger partial charge in [-0.2, -0.15) is 0 Å². The van der Waals surface area contributed by atoms with Crippen LogP contribution >= 0.6 is 11.8 Å². The first-order chi connectivity index (χ1) is 14.1. The zero-order chi connectivity index (χ0) is 19.8. The maximum Gasteiger partial charge on any atom is 0.0715 e. The number of para-hydroxylation sites is 1. The molecule has 4 aromatic rings. The van der Waals surface area contributed by atoms with E-state index in [2.05, 4.69) is 93.6 Å². The van der Waals surface area contributed by atoms with Gasteiger partial charge in [0.05, 0.1) is 11.2 Å². The van der Waals surface area contributed by atoms with Crippen LogP contribution in [0.4, 0.5) is 0 Å². The van der Waals surface area contributed by atoms with E-state index < -0.39 is 0 Å². The fourth-order valence-electron chi connectivity index (χ4n) is 5.61. The summed E-state index contributed by atoms with van der Waals surface area (Å²) < 4.78 is 0. The Morgan fingerprint density at radius 2 is 1.62 bits per heavy atom. The van der Waals surface area contributed by atoms with Gasteiger partial charge in [0.1, 0.15) is 0 Å². The van der Waals surface area contributed by atoms with Gasteiger partial charge in [0.15, 0.2) is 0 Å². The van der Waals surface area contributed by atoms with Gasteiger partial charge in [-0.25, -0.2) is 4.98 Å². The second-order valence-electron chi connectivity index (χ2n) is 8.89. The Labute approximate surface area is 176 Å². The number of fused-ring (bicyclic) bond motifs is 6. The predicted molar refractivity (Wildman–Crippen MR) is 123 cm³/mol. The summed E-state index contributed by atoms with van der Waals surface area (Å²) in [5.41, 5.74) is 9.33. The van der Waals surface area contributed by atoms with Crippen molar-refractivity contribution in [1.29, 1.82) is 0 Å². The fraction of sp³-hybridized carbons (Fsp3) is 0.222. The Hall–Kier alpha value is -2.58. The summed E-state index contributed by atoms with van der Waals surface area (Å²) in [4.78, 5) is 6.53. The number of hydrogen-bond donors (Lipinski definition) is 0. The highest BCUT2D eigenvalue weighted by atomic mass is 32.2. The van der Waals surface area contributed by atoms with Crippen molar-refractivity contribution < 1.29 is 0 Å². The molecule has 2 aliphatic rings. The molecule has 0 bridgehead atoms. The molecule has 0 saturated heterocycles. The number of hydrogen-bond acceptors (Lipinski definition) is 2. The molecule has 1 nitrogen and oxygen atoms in total. The molecule has 0 radical (unpaired) electrons. The Morgan fingerprint density at radius 1 is 0.862 bits per heavy atom. The average Bonchev–Trinajstić information content (AvgIpc) is 3.22. The van der Waals surface area contributed by atoms with E-state index in [1.807, 2.05) is 11.8 Å². The number of benzene rings is 3. The van der Waals surface area contributed by atoms with Crippen LogP contribution in [0.5, 0.6) is 0 Å². The third-order valence-electron chi connectivity index (χ3n) is 6.83. The molecule has 29 heavy (non-hydrogen) atoms. The van der Waals surface area contributed by atoms with Crippen LogP contribution < -0.4 is 0 Å². The molecule has 1 aromatic heterocycles. The first-order valence-corrected chi connectivity index (χ1v) is 11.2. The van der Waals surface area contributed by atoms with E-state index in [4.69, 9.17) is 4.98 Å². The highest BCUT2D eigenvalue weighted by molar-refractivity contribution is 8.00. The van der Waals surface area contributed by atoms with Gasteiger partial charge in [-0.1, -0.05) is 68.4 Å². The van der Waals surface area contributed by atoms with E-state index in [0.717, 1.165) is 11.2 Å². The van der Waals surface area contributed by atoms with E-state index in [1.54, 1.807) is 0 Å². The highest BCUT2D eigenvalue weighted by Gasteiger charge is 2.52. The normalized spacial score (nSPS) is 21.1. The molecule has 1 aliphatic heterocycles. The first kappa shape index (κ1) is 17.3. The van der Waals surface area contributed by atoms with Crippen LogP contribution in [0.25, 0.3) is 22.2 Å². The number of aromatic nitrogens is 1. The Bertz CT molecular complexity index is 1290. The molecule has 2 atom stereocenters. The third kappa shape index (κ3) is 2.33. The number of pyridine rings is 1. The summed E-state index contributed by atoms with van der Waals surface area (Å²) in [5, 5.41) is 1.74. The fourth-order valence-corrected chi connectivity index (χ4v) is 7.31. The van der Waals surface area contributed by atoms with E-state index in [-0.39, 0.29) is 5.41 Å². The summed E-state index contributed by atoms with van der Waals surface area (Å²) in [7, 11) is 0. The molecule has 6 rings (SSSR count). The Kier molecular flexibility index (Phi) is 3.56. The molecule has 1 aliphatic carbocycles. The minimum absolute atomic E-state index is 0.0669. The molecule has 0 saturated carbocycles. The van der Waals surface area contributed by atoms with E-state index in [1.165, 1.54) is 38.1 Å². The van der Waals surface area contributed by atoms with Crippen LogP contribution in [0.3, 0.4) is 0 Å². The SMILES string of the molecule is Cc1cc(-c2cccc3c2C(C)(C)C2c4ccccc4SC32)nc2ccccc12. The van der Waals surface area contributed by atoms with Gasteiger partial charge in [-0.3, -0.25) is 0 Å². The Morgan fingerprint density at radius 3 is 2.52 bits per heavy atom. The van der Waals surface area contributed by atoms with E-state index >= 15 is 0 Å². The molecular weight excluding hydrogens is 370 g/mol. The summed E-state index contributed by atoms with van der Waals surface area (Å²) in [6.07, 6.45) is 0. The minimum atomic E-state index is 0.0669. The van der Waals surface area contributed by atoms with E-state index in [9.17, 15) is 0 Å². The standard InChI is InChI=1S/C27H23NS/c1-16-15-22(28-21-13-6-4-9-17(16)21)18-11-8-12-20-24(18)27(2,3)25-19-10-5-7-14-23(19)29-26(20)25/h4-15,25-26H,1-3H3. The molecule has 2 unspecified atom stereocenters. The van der Waals surface area contributed by atoms with Crippen LogP contribution in [0, 0.1) is 6.92 Å². The minimum Gasteiger partial charge on any atom is -0.248 e. The zero-order valence-corrected chi connectivity index (χ0v) is 17.8. The summed E-state index contributed by atoms with van der Waals surface area (Å²) in [6.45, 7) is 7.05. The van der Waals surface area contributed by atoms with Gasteiger partial charge in [-0.15, -0.1) is 11.8 Å². The van der Waals surface area contributed by atoms with Crippen LogP contribution in [-0.2, 0) is 5.41 Å². The average molecular weight is 394 g/mol. The van der Waals surface area contributed by atoms with Crippen molar-refractivity contribution in [1.82, 2.24) is 4.98 Å². The molecule has 0 spiro atoms. The highest BCUT2D eigenvalue weighted by Crippen LogP contribution is 2.67. The maximum atomic E-state index is 5.08. The molecule has 3 aromatic carbocycles. The van der Waals surface area contributed by atoms with Crippen LogP contribution in [0.2, 0.25) is 0 Å². The molecule has 0 amide bonds. The van der Waals surface area contributed by atoms with Crippen molar-refractivity contribution in [2.24, 2.45) is 0 Å². The lowest BCUT2D eigenvalue weighted by atomic mass is 9.73. The van der Waals surface area contributed by atoms with Gasteiger partial charge in [0.2, 0.25) is 0 Å². The van der Waals surface area contributed by atoms with Crippen molar-refractivity contribution in [2.45, 2.75) is 42.2 Å². The van der Waals surface area contributed by atoms with Crippen molar-refractivity contribution in [3.63, 3.8) is 0 Å². The molecular formula is C27H23NS. The largest absolute Gasteiger partial charge is 0.248 e. The van der Waals surface area contributed by atoms with Crippen LogP contribution in [0.1, 0.15) is 47.3 Å². The van der Waals surface area contributed by atoms with Crippen LogP contribution in [-0.4, -0.2) is 4.98 Å². The zero-order valence-electron chi connectivity index (χ0n) is 16.9. The lowest BCUT2D eigenvalue weighted by Crippen LogP contribution is -2.22. The summed E-state index contributed by atoms with van der Waals surface area (Å²) in [6, 6.07) is 26.5. The molecule has 0 fully saturated rings. The van der Waals surface area contributed by atoms with Gasteiger partial charge in [0, 0.05) is 27.0 Å². The Balaban J connectivity index is 1.58.